The molecule has 0 radical (unpaired) electrons. The predicted molar refractivity (Wildman–Crippen MR) is 76.6 cm³/mol. The molecule has 3 rings (SSSR count). The number of rotatable bonds is 4. The summed E-state index contributed by atoms with van der Waals surface area (Å²) in [6.45, 7) is 0. The second kappa shape index (κ2) is 5.30. The van der Waals surface area contributed by atoms with Gasteiger partial charge in [-0.2, -0.15) is 0 Å². The van der Waals surface area contributed by atoms with E-state index in [0.717, 1.165) is 21.8 Å². The first kappa shape index (κ1) is 12.6. The Morgan fingerprint density at radius 1 is 1.25 bits per heavy atom. The Balaban J connectivity index is 1.91. The number of carboxylic acid groups (broad SMARTS) is 1. The van der Waals surface area contributed by atoms with E-state index in [1.54, 1.807) is 17.4 Å². The number of nitrogens with zero attached hydrogens (tertiary/aromatic N) is 1. The van der Waals surface area contributed by atoms with Gasteiger partial charge in [-0.15, -0.1) is 11.3 Å². The molecule has 1 N–H and O–H groups in total. The van der Waals surface area contributed by atoms with E-state index in [0.29, 0.717) is 5.69 Å². The van der Waals surface area contributed by atoms with E-state index < -0.39 is 5.97 Å². The third-order valence-corrected chi connectivity index (χ3v) is 3.74. The fraction of sp³-hybridized carbons (Fsp3) is 0.0667. The number of aromatic nitrogens is 1. The van der Waals surface area contributed by atoms with Crippen LogP contribution in [0.3, 0.4) is 0 Å². The largest absolute Gasteiger partial charge is 0.481 e. The summed E-state index contributed by atoms with van der Waals surface area (Å²) in [7, 11) is 0. The first-order chi connectivity index (χ1) is 9.72. The SMILES string of the molecule is O=C(O)Cc1cccc(-c2cc(-c3cccs3)on2)c1. The molecule has 1 aromatic carbocycles. The lowest BCUT2D eigenvalue weighted by molar-refractivity contribution is -0.136. The molecular formula is C15H11NO3S. The monoisotopic (exact) mass is 285 g/mol. The first-order valence-electron chi connectivity index (χ1n) is 6.04. The maximum atomic E-state index is 10.7. The lowest BCUT2D eigenvalue weighted by Gasteiger charge is -1.99. The van der Waals surface area contributed by atoms with Crippen LogP contribution in [0.2, 0.25) is 0 Å². The average molecular weight is 285 g/mol. The van der Waals surface area contributed by atoms with Crippen LogP contribution >= 0.6 is 11.3 Å². The topological polar surface area (TPSA) is 63.3 Å². The number of thiophene rings is 1. The van der Waals surface area contributed by atoms with Crippen LogP contribution < -0.4 is 0 Å². The zero-order valence-corrected chi connectivity index (χ0v) is 11.3. The van der Waals surface area contributed by atoms with Gasteiger partial charge in [0.05, 0.1) is 11.3 Å². The van der Waals surface area contributed by atoms with Gasteiger partial charge in [0.2, 0.25) is 0 Å². The van der Waals surface area contributed by atoms with Crippen molar-refractivity contribution < 1.29 is 14.4 Å². The molecule has 0 saturated heterocycles. The Morgan fingerprint density at radius 3 is 2.90 bits per heavy atom. The van der Waals surface area contributed by atoms with Gasteiger partial charge in [-0.05, 0) is 23.1 Å². The third-order valence-electron chi connectivity index (χ3n) is 2.85. The number of carbonyl (C=O) groups is 1. The number of aliphatic carboxylic acids is 1. The Morgan fingerprint density at radius 2 is 2.15 bits per heavy atom. The van der Waals surface area contributed by atoms with Crippen LogP contribution in [-0.2, 0) is 11.2 Å². The summed E-state index contributed by atoms with van der Waals surface area (Å²) >= 11 is 1.58. The molecular weight excluding hydrogens is 274 g/mol. The van der Waals surface area contributed by atoms with Crippen molar-refractivity contribution in [2.24, 2.45) is 0 Å². The van der Waals surface area contributed by atoms with Crippen LogP contribution in [0.25, 0.3) is 21.9 Å². The van der Waals surface area contributed by atoms with Gasteiger partial charge in [-0.3, -0.25) is 4.79 Å². The van der Waals surface area contributed by atoms with Crippen molar-refractivity contribution in [3.63, 3.8) is 0 Å². The highest BCUT2D eigenvalue weighted by molar-refractivity contribution is 7.13. The zero-order chi connectivity index (χ0) is 13.9. The van der Waals surface area contributed by atoms with Crippen molar-refractivity contribution in [3.05, 3.63) is 53.4 Å². The molecule has 0 saturated carbocycles. The van der Waals surface area contributed by atoms with Crippen LogP contribution in [0, 0.1) is 0 Å². The molecule has 0 bridgehead atoms. The molecule has 0 aliphatic heterocycles. The maximum absolute atomic E-state index is 10.7. The molecule has 0 fully saturated rings. The molecule has 2 heterocycles. The number of carboxylic acids is 1. The van der Waals surface area contributed by atoms with Crippen molar-refractivity contribution in [1.82, 2.24) is 5.16 Å². The van der Waals surface area contributed by atoms with Crippen molar-refractivity contribution in [2.75, 3.05) is 0 Å². The minimum atomic E-state index is -0.846. The molecule has 0 aliphatic rings. The van der Waals surface area contributed by atoms with Crippen molar-refractivity contribution >= 4 is 17.3 Å². The standard InChI is InChI=1S/C15H11NO3S/c17-15(18)8-10-3-1-4-11(7-10)12-9-13(19-16-12)14-5-2-6-20-14/h1-7,9H,8H2,(H,17,18). The van der Waals surface area contributed by atoms with E-state index in [1.165, 1.54) is 0 Å². The van der Waals surface area contributed by atoms with Crippen LogP contribution in [0.4, 0.5) is 0 Å². The number of hydrogen-bond donors (Lipinski definition) is 1. The Kier molecular flexibility index (Phi) is 3.35. The molecule has 0 unspecified atom stereocenters. The van der Waals surface area contributed by atoms with Crippen LogP contribution in [0.15, 0.2) is 52.4 Å². The van der Waals surface area contributed by atoms with Crippen molar-refractivity contribution in [1.29, 1.82) is 0 Å². The van der Waals surface area contributed by atoms with Gasteiger partial charge < -0.3 is 9.63 Å². The Hall–Kier alpha value is -2.40. The summed E-state index contributed by atoms with van der Waals surface area (Å²) in [5, 5.41) is 14.8. The molecule has 4 nitrogen and oxygen atoms in total. The highest BCUT2D eigenvalue weighted by Gasteiger charge is 2.10. The van der Waals surface area contributed by atoms with Gasteiger partial charge >= 0.3 is 5.97 Å². The molecule has 2 aromatic heterocycles. The number of hydrogen-bond acceptors (Lipinski definition) is 4. The fourth-order valence-electron chi connectivity index (χ4n) is 1.96. The second-order valence-electron chi connectivity index (χ2n) is 4.32. The Bertz CT molecular complexity index is 731. The van der Waals surface area contributed by atoms with E-state index in [2.05, 4.69) is 5.16 Å². The second-order valence-corrected chi connectivity index (χ2v) is 5.27. The average Bonchev–Trinajstić information content (AvgIpc) is 3.09. The van der Waals surface area contributed by atoms with Gasteiger partial charge in [-0.25, -0.2) is 0 Å². The van der Waals surface area contributed by atoms with Gasteiger partial charge in [0.1, 0.15) is 5.69 Å². The molecule has 0 aliphatic carbocycles. The predicted octanol–water partition coefficient (Wildman–Crippen LogP) is 3.70. The summed E-state index contributed by atoms with van der Waals surface area (Å²) in [6, 6.07) is 13.1. The quantitative estimate of drug-likeness (QED) is 0.794. The van der Waals surface area contributed by atoms with E-state index in [4.69, 9.17) is 9.63 Å². The van der Waals surface area contributed by atoms with E-state index in [9.17, 15) is 4.79 Å². The smallest absolute Gasteiger partial charge is 0.307 e. The summed E-state index contributed by atoms with van der Waals surface area (Å²) in [5.41, 5.74) is 2.31. The number of benzene rings is 1. The first-order valence-corrected chi connectivity index (χ1v) is 6.92. The fourth-order valence-corrected chi connectivity index (χ4v) is 2.63. The molecule has 3 aromatic rings. The summed E-state index contributed by atoms with van der Waals surface area (Å²) in [4.78, 5) is 11.8. The minimum absolute atomic E-state index is 0.00345. The highest BCUT2D eigenvalue weighted by Crippen LogP contribution is 2.29. The van der Waals surface area contributed by atoms with Crippen LogP contribution in [0.5, 0.6) is 0 Å². The van der Waals surface area contributed by atoms with Crippen molar-refractivity contribution in [3.8, 4) is 21.9 Å². The minimum Gasteiger partial charge on any atom is -0.481 e. The van der Waals surface area contributed by atoms with Gasteiger partial charge in [0, 0.05) is 11.6 Å². The van der Waals surface area contributed by atoms with Gasteiger partial charge in [-0.1, -0.05) is 29.4 Å². The van der Waals surface area contributed by atoms with Crippen LogP contribution in [0.1, 0.15) is 5.56 Å². The molecule has 0 spiro atoms. The maximum Gasteiger partial charge on any atom is 0.307 e. The normalized spacial score (nSPS) is 10.6. The lowest BCUT2D eigenvalue weighted by Crippen LogP contribution is -1.99. The van der Waals surface area contributed by atoms with Gasteiger partial charge in [0.15, 0.2) is 5.76 Å². The zero-order valence-electron chi connectivity index (χ0n) is 10.4. The molecule has 0 amide bonds. The van der Waals surface area contributed by atoms with E-state index in [1.807, 2.05) is 41.8 Å². The summed E-state index contributed by atoms with van der Waals surface area (Å²) < 4.78 is 5.33. The van der Waals surface area contributed by atoms with Crippen LogP contribution in [-0.4, -0.2) is 16.2 Å². The van der Waals surface area contributed by atoms with Crippen molar-refractivity contribution in [2.45, 2.75) is 6.42 Å². The Labute approximate surface area is 119 Å². The summed E-state index contributed by atoms with van der Waals surface area (Å²) in [5.74, 6) is -0.125. The molecule has 5 heteroatoms. The lowest BCUT2D eigenvalue weighted by atomic mass is 10.1. The van der Waals surface area contributed by atoms with E-state index in [-0.39, 0.29) is 6.42 Å². The molecule has 100 valence electrons. The highest BCUT2D eigenvalue weighted by atomic mass is 32.1. The van der Waals surface area contributed by atoms with E-state index >= 15 is 0 Å². The molecule has 20 heavy (non-hydrogen) atoms. The summed E-state index contributed by atoms with van der Waals surface area (Å²) in [6.07, 6.45) is 0.00345. The third kappa shape index (κ3) is 2.62. The van der Waals surface area contributed by atoms with Gasteiger partial charge in [0.25, 0.3) is 0 Å². The molecule has 0 atom stereocenters.